The van der Waals surface area contributed by atoms with Crippen LogP contribution in [0.25, 0.3) is 0 Å². The molecule has 6 heteroatoms. The van der Waals surface area contributed by atoms with Crippen molar-refractivity contribution in [2.24, 2.45) is 0 Å². The number of nitrogens with zero attached hydrogens (tertiary/aromatic N) is 1. The van der Waals surface area contributed by atoms with E-state index in [0.29, 0.717) is 17.8 Å². The summed E-state index contributed by atoms with van der Waals surface area (Å²) in [6.07, 6.45) is 0. The first-order chi connectivity index (χ1) is 13.7. The number of benzene rings is 3. The molecule has 150 valence electrons. The van der Waals surface area contributed by atoms with Crippen molar-refractivity contribution in [1.82, 2.24) is 4.90 Å². The van der Waals surface area contributed by atoms with Crippen molar-refractivity contribution in [3.05, 3.63) is 95.1 Å². The Hall–Kier alpha value is -3.12. The maximum atomic E-state index is 12.8. The number of aryl methyl sites for hydroxylation is 2. The number of sulfonamides is 1. The summed E-state index contributed by atoms with van der Waals surface area (Å²) >= 11 is 0. The molecule has 0 aromatic heterocycles. The third-order valence-electron chi connectivity index (χ3n) is 4.54. The first-order valence-corrected chi connectivity index (χ1v) is 10.7. The Labute approximate surface area is 172 Å². The van der Waals surface area contributed by atoms with Gasteiger partial charge in [0.1, 0.15) is 0 Å². The van der Waals surface area contributed by atoms with Gasteiger partial charge in [-0.15, -0.1) is 0 Å². The second-order valence-corrected chi connectivity index (χ2v) is 8.83. The standard InChI is InChI=1S/C23H24N2O3S/c1-17-10-12-22(13-11-17)29(27,28)24-21-9-5-8-20(15-21)23(26)25(3)16-19-7-4-6-18(2)14-19/h4-15,24H,16H2,1-3H3. The molecule has 0 aliphatic carbocycles. The summed E-state index contributed by atoms with van der Waals surface area (Å²) in [7, 11) is -1.99. The normalized spacial score (nSPS) is 11.1. The molecular formula is C23H24N2O3S. The zero-order valence-corrected chi connectivity index (χ0v) is 17.5. The van der Waals surface area contributed by atoms with Crippen LogP contribution in [0, 0.1) is 13.8 Å². The molecular weight excluding hydrogens is 384 g/mol. The molecule has 0 fully saturated rings. The second-order valence-electron chi connectivity index (χ2n) is 7.15. The Morgan fingerprint density at radius 3 is 2.28 bits per heavy atom. The first kappa shape index (κ1) is 20.6. The van der Waals surface area contributed by atoms with Crippen LogP contribution in [0.3, 0.4) is 0 Å². The van der Waals surface area contributed by atoms with Gasteiger partial charge >= 0.3 is 0 Å². The fraction of sp³-hybridized carbons (Fsp3) is 0.174. The molecule has 29 heavy (non-hydrogen) atoms. The summed E-state index contributed by atoms with van der Waals surface area (Å²) in [5.74, 6) is -0.178. The molecule has 0 bridgehead atoms. The lowest BCUT2D eigenvalue weighted by Crippen LogP contribution is -2.26. The molecule has 0 spiro atoms. The fourth-order valence-electron chi connectivity index (χ4n) is 3.02. The van der Waals surface area contributed by atoms with E-state index < -0.39 is 10.0 Å². The van der Waals surface area contributed by atoms with Crippen LogP contribution < -0.4 is 4.72 Å². The minimum Gasteiger partial charge on any atom is -0.337 e. The van der Waals surface area contributed by atoms with E-state index in [2.05, 4.69) is 4.72 Å². The summed E-state index contributed by atoms with van der Waals surface area (Å²) < 4.78 is 27.7. The van der Waals surface area contributed by atoms with Crippen LogP contribution in [0.2, 0.25) is 0 Å². The zero-order chi connectivity index (χ0) is 21.0. The Morgan fingerprint density at radius 1 is 0.897 bits per heavy atom. The number of hydrogen-bond donors (Lipinski definition) is 1. The quantitative estimate of drug-likeness (QED) is 0.658. The molecule has 3 aromatic rings. The van der Waals surface area contributed by atoms with Crippen LogP contribution in [-0.2, 0) is 16.6 Å². The Bertz CT molecular complexity index is 1120. The van der Waals surface area contributed by atoms with Gasteiger partial charge in [0.25, 0.3) is 15.9 Å². The van der Waals surface area contributed by atoms with Gasteiger partial charge in [-0.25, -0.2) is 8.42 Å². The molecule has 0 saturated heterocycles. The number of carbonyl (C=O) groups excluding carboxylic acids is 1. The highest BCUT2D eigenvalue weighted by molar-refractivity contribution is 7.92. The van der Waals surface area contributed by atoms with Crippen LogP contribution in [0.5, 0.6) is 0 Å². The number of nitrogens with one attached hydrogen (secondary N) is 1. The number of anilines is 1. The monoisotopic (exact) mass is 408 g/mol. The van der Waals surface area contributed by atoms with E-state index in [4.69, 9.17) is 0 Å². The molecule has 0 saturated carbocycles. The highest BCUT2D eigenvalue weighted by atomic mass is 32.2. The second kappa shape index (κ2) is 8.49. The smallest absolute Gasteiger partial charge is 0.261 e. The SMILES string of the molecule is Cc1ccc(S(=O)(=O)Nc2cccc(C(=O)N(C)Cc3cccc(C)c3)c2)cc1. The maximum absolute atomic E-state index is 12.8. The maximum Gasteiger partial charge on any atom is 0.261 e. The zero-order valence-electron chi connectivity index (χ0n) is 16.7. The topological polar surface area (TPSA) is 66.5 Å². The number of rotatable bonds is 6. The minimum absolute atomic E-state index is 0.177. The van der Waals surface area contributed by atoms with E-state index in [-0.39, 0.29) is 10.8 Å². The van der Waals surface area contributed by atoms with Crippen molar-refractivity contribution in [3.8, 4) is 0 Å². The van der Waals surface area contributed by atoms with Crippen molar-refractivity contribution in [2.75, 3.05) is 11.8 Å². The number of hydrogen-bond acceptors (Lipinski definition) is 3. The summed E-state index contributed by atoms with van der Waals surface area (Å²) in [4.78, 5) is 14.6. The van der Waals surface area contributed by atoms with Crippen LogP contribution in [0.1, 0.15) is 27.0 Å². The van der Waals surface area contributed by atoms with Gasteiger partial charge in [-0.1, -0.05) is 53.6 Å². The third-order valence-corrected chi connectivity index (χ3v) is 5.94. The van der Waals surface area contributed by atoms with E-state index in [1.165, 1.54) is 0 Å². The highest BCUT2D eigenvalue weighted by Gasteiger charge is 2.16. The molecule has 5 nitrogen and oxygen atoms in total. The van der Waals surface area contributed by atoms with Crippen molar-refractivity contribution in [3.63, 3.8) is 0 Å². The molecule has 0 aliphatic rings. The van der Waals surface area contributed by atoms with E-state index in [1.54, 1.807) is 60.5 Å². The van der Waals surface area contributed by atoms with Crippen LogP contribution in [-0.4, -0.2) is 26.3 Å². The van der Waals surface area contributed by atoms with Crippen molar-refractivity contribution < 1.29 is 13.2 Å². The largest absolute Gasteiger partial charge is 0.337 e. The van der Waals surface area contributed by atoms with Gasteiger partial charge in [0.05, 0.1) is 4.90 Å². The van der Waals surface area contributed by atoms with Gasteiger partial charge in [0.15, 0.2) is 0 Å². The molecule has 1 N–H and O–H groups in total. The Kier molecular flexibility index (Phi) is 6.03. The van der Waals surface area contributed by atoms with E-state index >= 15 is 0 Å². The third kappa shape index (κ3) is 5.23. The summed E-state index contributed by atoms with van der Waals surface area (Å²) in [5.41, 5.74) is 3.92. The highest BCUT2D eigenvalue weighted by Crippen LogP contribution is 2.19. The lowest BCUT2D eigenvalue weighted by Gasteiger charge is -2.18. The van der Waals surface area contributed by atoms with Crippen molar-refractivity contribution in [2.45, 2.75) is 25.3 Å². The van der Waals surface area contributed by atoms with Crippen molar-refractivity contribution in [1.29, 1.82) is 0 Å². The Morgan fingerprint density at radius 2 is 1.59 bits per heavy atom. The molecule has 0 heterocycles. The summed E-state index contributed by atoms with van der Waals surface area (Å²) in [6.45, 7) is 4.38. The Balaban J connectivity index is 1.76. The molecule has 0 atom stereocenters. The summed E-state index contributed by atoms with van der Waals surface area (Å²) in [6, 6.07) is 21.1. The predicted octanol–water partition coefficient (Wildman–Crippen LogP) is 4.38. The lowest BCUT2D eigenvalue weighted by atomic mass is 10.1. The molecule has 0 radical (unpaired) electrons. The molecule has 0 unspecified atom stereocenters. The van der Waals surface area contributed by atoms with Gasteiger partial charge in [0, 0.05) is 24.8 Å². The van der Waals surface area contributed by atoms with E-state index in [9.17, 15) is 13.2 Å². The number of amides is 1. The molecule has 1 amide bonds. The lowest BCUT2D eigenvalue weighted by molar-refractivity contribution is 0.0785. The average Bonchev–Trinajstić information content (AvgIpc) is 2.67. The summed E-state index contributed by atoms with van der Waals surface area (Å²) in [5, 5.41) is 0. The fourth-order valence-corrected chi connectivity index (χ4v) is 4.07. The molecule has 3 rings (SSSR count). The molecule has 3 aromatic carbocycles. The first-order valence-electron chi connectivity index (χ1n) is 9.25. The van der Waals surface area contributed by atoms with Gasteiger partial charge in [-0.05, 0) is 49.7 Å². The van der Waals surface area contributed by atoms with Crippen LogP contribution in [0.15, 0.2) is 77.7 Å². The van der Waals surface area contributed by atoms with Crippen LogP contribution >= 0.6 is 0 Å². The van der Waals surface area contributed by atoms with Crippen LogP contribution in [0.4, 0.5) is 5.69 Å². The van der Waals surface area contributed by atoms with Gasteiger partial charge < -0.3 is 4.90 Å². The van der Waals surface area contributed by atoms with Crippen molar-refractivity contribution >= 4 is 21.6 Å². The van der Waals surface area contributed by atoms with Gasteiger partial charge in [-0.2, -0.15) is 0 Å². The molecule has 0 aliphatic heterocycles. The van der Waals surface area contributed by atoms with Gasteiger partial charge in [0.2, 0.25) is 0 Å². The predicted molar refractivity (Wildman–Crippen MR) is 115 cm³/mol. The van der Waals surface area contributed by atoms with Gasteiger partial charge in [-0.3, -0.25) is 9.52 Å². The van der Waals surface area contributed by atoms with E-state index in [0.717, 1.165) is 16.7 Å². The van der Waals surface area contributed by atoms with E-state index in [1.807, 2.05) is 38.1 Å². The minimum atomic E-state index is -3.72. The number of carbonyl (C=O) groups is 1. The average molecular weight is 409 g/mol.